The first kappa shape index (κ1) is 13.4. The van der Waals surface area contributed by atoms with Crippen molar-refractivity contribution in [3.05, 3.63) is 29.3 Å². The number of benzene rings is 1. The van der Waals surface area contributed by atoms with Crippen LogP contribution >= 0.6 is 0 Å². The van der Waals surface area contributed by atoms with Crippen molar-refractivity contribution >= 4 is 10.0 Å². The van der Waals surface area contributed by atoms with E-state index in [1.54, 1.807) is 0 Å². The van der Waals surface area contributed by atoms with Crippen molar-refractivity contribution < 1.29 is 13.2 Å². The van der Waals surface area contributed by atoms with Crippen LogP contribution in [0.2, 0.25) is 0 Å². The number of rotatable bonds is 3. The molecule has 0 spiro atoms. The zero-order valence-corrected chi connectivity index (χ0v) is 11.8. The molecule has 5 heteroatoms. The van der Waals surface area contributed by atoms with Gasteiger partial charge in [-0.05, 0) is 43.5 Å². The molecule has 0 amide bonds. The minimum Gasteiger partial charge on any atom is -0.489 e. The van der Waals surface area contributed by atoms with Gasteiger partial charge in [-0.1, -0.05) is 6.07 Å². The predicted octanol–water partition coefficient (Wildman–Crippen LogP) is 1.72. The third kappa shape index (κ3) is 3.23. The van der Waals surface area contributed by atoms with E-state index in [-0.39, 0.29) is 6.10 Å². The summed E-state index contributed by atoms with van der Waals surface area (Å²) in [6.07, 6.45) is 1.95. The Morgan fingerprint density at radius 1 is 1.22 bits per heavy atom. The van der Waals surface area contributed by atoms with E-state index in [9.17, 15) is 8.42 Å². The molecule has 1 heterocycles. The third-order valence-corrected chi connectivity index (χ3v) is 4.34. The topological polar surface area (TPSA) is 46.6 Å². The number of nitrogens with zero attached hydrogens (tertiary/aromatic N) is 1. The van der Waals surface area contributed by atoms with Crippen LogP contribution in [0.15, 0.2) is 18.2 Å². The maximum Gasteiger partial charge on any atom is 0.211 e. The van der Waals surface area contributed by atoms with Crippen LogP contribution in [0, 0.1) is 13.8 Å². The molecular formula is C13H19NO3S. The summed E-state index contributed by atoms with van der Waals surface area (Å²) in [6, 6.07) is 6.05. The molecule has 1 aliphatic rings. The van der Waals surface area contributed by atoms with Gasteiger partial charge in [0.1, 0.15) is 11.9 Å². The van der Waals surface area contributed by atoms with E-state index in [1.807, 2.05) is 26.0 Å². The van der Waals surface area contributed by atoms with Gasteiger partial charge in [0.25, 0.3) is 0 Å². The second kappa shape index (κ2) is 4.90. The molecule has 1 fully saturated rings. The van der Waals surface area contributed by atoms with Crippen molar-refractivity contribution in [2.45, 2.75) is 26.4 Å². The fourth-order valence-electron chi connectivity index (χ4n) is 2.29. The minimum absolute atomic E-state index is 0.0408. The van der Waals surface area contributed by atoms with Gasteiger partial charge in [-0.3, -0.25) is 0 Å². The Kier molecular flexibility index (Phi) is 3.64. The van der Waals surface area contributed by atoms with Crippen molar-refractivity contribution in [1.29, 1.82) is 0 Å². The number of hydrogen-bond donors (Lipinski definition) is 0. The second-order valence-electron chi connectivity index (χ2n) is 4.97. The minimum atomic E-state index is -3.09. The summed E-state index contributed by atoms with van der Waals surface area (Å²) >= 11 is 0. The van der Waals surface area contributed by atoms with Crippen LogP contribution in [0.5, 0.6) is 5.75 Å². The lowest BCUT2D eigenvalue weighted by Gasteiger charge is -2.15. The Hall–Kier alpha value is -1.07. The number of ether oxygens (including phenoxy) is 1. The SMILES string of the molecule is Cc1cc(C)cc(O[C@H]2CCN(S(C)(=O)=O)C2)c1. The Labute approximate surface area is 109 Å². The lowest BCUT2D eigenvalue weighted by Crippen LogP contribution is -2.29. The molecule has 0 bridgehead atoms. The van der Waals surface area contributed by atoms with Crippen LogP contribution in [0.1, 0.15) is 17.5 Å². The molecule has 1 aromatic rings. The molecule has 0 aliphatic carbocycles. The molecule has 0 saturated carbocycles. The molecule has 4 nitrogen and oxygen atoms in total. The van der Waals surface area contributed by atoms with Crippen molar-refractivity contribution in [1.82, 2.24) is 4.31 Å². The highest BCUT2D eigenvalue weighted by Crippen LogP contribution is 2.22. The van der Waals surface area contributed by atoms with Gasteiger partial charge in [0.05, 0.1) is 12.8 Å². The van der Waals surface area contributed by atoms with Gasteiger partial charge in [0.15, 0.2) is 0 Å². The van der Waals surface area contributed by atoms with Crippen LogP contribution in [-0.4, -0.2) is 38.2 Å². The predicted molar refractivity (Wildman–Crippen MR) is 71.4 cm³/mol. The average molecular weight is 269 g/mol. The highest BCUT2D eigenvalue weighted by atomic mass is 32.2. The summed E-state index contributed by atoms with van der Waals surface area (Å²) in [6.45, 7) is 5.05. The first-order valence-electron chi connectivity index (χ1n) is 6.04. The number of aryl methyl sites for hydroxylation is 2. The lowest BCUT2D eigenvalue weighted by atomic mass is 10.1. The molecule has 100 valence electrons. The van der Waals surface area contributed by atoms with Crippen molar-refractivity contribution in [3.63, 3.8) is 0 Å². The van der Waals surface area contributed by atoms with Crippen molar-refractivity contribution in [3.8, 4) is 5.75 Å². The van der Waals surface area contributed by atoms with Crippen molar-refractivity contribution in [2.75, 3.05) is 19.3 Å². The summed E-state index contributed by atoms with van der Waals surface area (Å²) < 4.78 is 30.1. The van der Waals surface area contributed by atoms with Crippen LogP contribution in [0.25, 0.3) is 0 Å². The molecule has 1 saturated heterocycles. The van der Waals surface area contributed by atoms with Crippen LogP contribution in [0.3, 0.4) is 0 Å². The average Bonchev–Trinajstić information content (AvgIpc) is 2.63. The number of sulfonamides is 1. The molecule has 1 aromatic carbocycles. The highest BCUT2D eigenvalue weighted by Gasteiger charge is 2.29. The van der Waals surface area contributed by atoms with E-state index in [0.717, 1.165) is 23.3 Å². The van der Waals surface area contributed by atoms with E-state index in [1.165, 1.54) is 10.6 Å². The Morgan fingerprint density at radius 2 is 1.83 bits per heavy atom. The molecule has 0 aromatic heterocycles. The standard InChI is InChI=1S/C13H19NO3S/c1-10-6-11(2)8-13(7-10)17-12-4-5-14(9-12)18(3,15)16/h6-8,12H,4-5,9H2,1-3H3/t12-/m0/s1. The van der Waals surface area contributed by atoms with Crippen LogP contribution in [0.4, 0.5) is 0 Å². The zero-order chi connectivity index (χ0) is 13.3. The van der Waals surface area contributed by atoms with Gasteiger partial charge >= 0.3 is 0 Å². The molecule has 18 heavy (non-hydrogen) atoms. The molecule has 1 aliphatic heterocycles. The maximum atomic E-state index is 11.4. The third-order valence-electron chi connectivity index (χ3n) is 3.07. The molecule has 0 N–H and O–H groups in total. The molecular weight excluding hydrogens is 250 g/mol. The quantitative estimate of drug-likeness (QED) is 0.839. The molecule has 0 unspecified atom stereocenters. The van der Waals surface area contributed by atoms with Gasteiger partial charge in [-0.2, -0.15) is 4.31 Å². The van der Waals surface area contributed by atoms with Gasteiger partial charge in [0.2, 0.25) is 10.0 Å². The molecule has 0 radical (unpaired) electrons. The largest absolute Gasteiger partial charge is 0.489 e. The Bertz CT molecular complexity index is 519. The fourth-order valence-corrected chi connectivity index (χ4v) is 3.16. The van der Waals surface area contributed by atoms with Crippen molar-refractivity contribution in [2.24, 2.45) is 0 Å². The van der Waals surface area contributed by atoms with E-state index in [2.05, 4.69) is 6.07 Å². The Balaban J connectivity index is 2.03. The zero-order valence-electron chi connectivity index (χ0n) is 11.0. The van der Waals surface area contributed by atoms with E-state index in [0.29, 0.717) is 13.1 Å². The summed E-state index contributed by atoms with van der Waals surface area (Å²) in [5.41, 5.74) is 2.31. The smallest absolute Gasteiger partial charge is 0.211 e. The summed E-state index contributed by atoms with van der Waals surface area (Å²) in [5.74, 6) is 0.827. The maximum absolute atomic E-state index is 11.4. The second-order valence-corrected chi connectivity index (χ2v) is 6.96. The van der Waals surface area contributed by atoms with Gasteiger partial charge in [-0.25, -0.2) is 8.42 Å². The van der Waals surface area contributed by atoms with Gasteiger partial charge < -0.3 is 4.74 Å². The summed E-state index contributed by atoms with van der Waals surface area (Å²) in [4.78, 5) is 0. The van der Waals surface area contributed by atoms with Gasteiger partial charge in [-0.15, -0.1) is 0 Å². The van der Waals surface area contributed by atoms with Crippen LogP contribution in [-0.2, 0) is 10.0 Å². The van der Waals surface area contributed by atoms with E-state index < -0.39 is 10.0 Å². The van der Waals surface area contributed by atoms with E-state index >= 15 is 0 Å². The monoisotopic (exact) mass is 269 g/mol. The number of hydrogen-bond acceptors (Lipinski definition) is 3. The highest BCUT2D eigenvalue weighted by molar-refractivity contribution is 7.88. The summed E-state index contributed by atoms with van der Waals surface area (Å²) in [5, 5.41) is 0. The molecule has 2 rings (SSSR count). The first-order chi connectivity index (χ1) is 8.34. The first-order valence-corrected chi connectivity index (χ1v) is 7.89. The van der Waals surface area contributed by atoms with Crippen LogP contribution < -0.4 is 4.74 Å². The van der Waals surface area contributed by atoms with E-state index in [4.69, 9.17) is 4.74 Å². The Morgan fingerprint density at radius 3 is 2.33 bits per heavy atom. The fraction of sp³-hybridized carbons (Fsp3) is 0.538. The lowest BCUT2D eigenvalue weighted by molar-refractivity contribution is 0.215. The van der Waals surface area contributed by atoms with Gasteiger partial charge in [0, 0.05) is 6.54 Å². The normalized spacial score (nSPS) is 21.2. The molecule has 1 atom stereocenters. The summed E-state index contributed by atoms with van der Waals surface area (Å²) in [7, 11) is -3.09.